The Morgan fingerprint density at radius 1 is 1.37 bits per heavy atom. The van der Waals surface area contributed by atoms with Crippen LogP contribution in [0.4, 0.5) is 11.6 Å². The summed E-state index contributed by atoms with van der Waals surface area (Å²) in [5, 5.41) is 6.88. The maximum Gasteiger partial charge on any atom is 0.134 e. The Labute approximate surface area is 115 Å². The molecule has 0 amide bonds. The Hall–Kier alpha value is -1.36. The SMILES string of the molecule is CCN(CC)c1cc(NCC2CCCNC2)ncn1. The third-order valence-corrected chi connectivity index (χ3v) is 3.71. The molecule has 1 aromatic rings. The van der Waals surface area contributed by atoms with Gasteiger partial charge in [0, 0.05) is 25.7 Å². The molecule has 1 atom stereocenters. The number of nitrogens with zero attached hydrogens (tertiary/aromatic N) is 3. The van der Waals surface area contributed by atoms with Gasteiger partial charge in [-0.3, -0.25) is 0 Å². The molecule has 0 spiro atoms. The number of piperidine rings is 1. The van der Waals surface area contributed by atoms with Gasteiger partial charge in [-0.05, 0) is 45.7 Å². The zero-order chi connectivity index (χ0) is 13.5. The monoisotopic (exact) mass is 263 g/mol. The summed E-state index contributed by atoms with van der Waals surface area (Å²) in [6.07, 6.45) is 4.23. The van der Waals surface area contributed by atoms with E-state index in [1.54, 1.807) is 6.33 Å². The lowest BCUT2D eigenvalue weighted by Crippen LogP contribution is -2.33. The Kier molecular flexibility index (Phi) is 5.39. The molecule has 1 unspecified atom stereocenters. The van der Waals surface area contributed by atoms with Gasteiger partial charge in [0.25, 0.3) is 0 Å². The van der Waals surface area contributed by atoms with E-state index in [1.165, 1.54) is 12.8 Å². The van der Waals surface area contributed by atoms with Gasteiger partial charge in [0.05, 0.1) is 0 Å². The minimum absolute atomic E-state index is 0.709. The van der Waals surface area contributed by atoms with E-state index in [9.17, 15) is 0 Å². The molecule has 1 aliphatic heterocycles. The minimum Gasteiger partial charge on any atom is -0.370 e. The van der Waals surface area contributed by atoms with Gasteiger partial charge in [0.1, 0.15) is 18.0 Å². The predicted octanol–water partition coefficient (Wildman–Crippen LogP) is 1.73. The van der Waals surface area contributed by atoms with Gasteiger partial charge in [0.2, 0.25) is 0 Å². The molecular formula is C14H25N5. The molecule has 19 heavy (non-hydrogen) atoms. The van der Waals surface area contributed by atoms with Crippen molar-refractivity contribution in [3.63, 3.8) is 0 Å². The highest BCUT2D eigenvalue weighted by Gasteiger charge is 2.13. The molecule has 1 fully saturated rings. The quantitative estimate of drug-likeness (QED) is 0.818. The van der Waals surface area contributed by atoms with Crippen LogP contribution in [0.3, 0.4) is 0 Å². The Morgan fingerprint density at radius 3 is 2.89 bits per heavy atom. The summed E-state index contributed by atoms with van der Waals surface area (Å²) in [4.78, 5) is 10.9. The van der Waals surface area contributed by atoms with Crippen molar-refractivity contribution >= 4 is 11.6 Å². The fourth-order valence-electron chi connectivity index (χ4n) is 2.51. The molecule has 2 N–H and O–H groups in total. The first kappa shape index (κ1) is 14.1. The van der Waals surface area contributed by atoms with Crippen LogP contribution >= 0.6 is 0 Å². The third kappa shape index (κ3) is 4.06. The van der Waals surface area contributed by atoms with Crippen molar-refractivity contribution in [1.29, 1.82) is 0 Å². The summed E-state index contributed by atoms with van der Waals surface area (Å²) in [6.45, 7) is 9.50. The molecule has 2 heterocycles. The van der Waals surface area contributed by atoms with Gasteiger partial charge < -0.3 is 15.5 Å². The van der Waals surface area contributed by atoms with E-state index >= 15 is 0 Å². The molecule has 5 nitrogen and oxygen atoms in total. The molecule has 106 valence electrons. The zero-order valence-electron chi connectivity index (χ0n) is 12.0. The summed E-state index contributed by atoms with van der Waals surface area (Å²) >= 11 is 0. The molecular weight excluding hydrogens is 238 g/mol. The van der Waals surface area contributed by atoms with Crippen LogP contribution in [0.5, 0.6) is 0 Å². The Balaban J connectivity index is 1.90. The second-order valence-electron chi connectivity index (χ2n) is 5.03. The molecule has 0 aromatic carbocycles. The van der Waals surface area contributed by atoms with E-state index in [1.807, 2.05) is 6.07 Å². The van der Waals surface area contributed by atoms with Gasteiger partial charge in [-0.25, -0.2) is 9.97 Å². The van der Waals surface area contributed by atoms with Crippen molar-refractivity contribution in [1.82, 2.24) is 15.3 Å². The average Bonchev–Trinajstić information content (AvgIpc) is 2.48. The van der Waals surface area contributed by atoms with Crippen molar-refractivity contribution < 1.29 is 0 Å². The second kappa shape index (κ2) is 7.28. The van der Waals surface area contributed by atoms with Crippen LogP contribution in [0.15, 0.2) is 12.4 Å². The van der Waals surface area contributed by atoms with Gasteiger partial charge in [-0.15, -0.1) is 0 Å². The Bertz CT molecular complexity index is 372. The summed E-state index contributed by atoms with van der Waals surface area (Å²) in [5.41, 5.74) is 0. The number of hydrogen-bond donors (Lipinski definition) is 2. The summed E-state index contributed by atoms with van der Waals surface area (Å²) in [6, 6.07) is 2.04. The van der Waals surface area contributed by atoms with Gasteiger partial charge in [-0.1, -0.05) is 0 Å². The number of rotatable bonds is 6. The first-order valence-corrected chi connectivity index (χ1v) is 7.35. The summed E-state index contributed by atoms with van der Waals surface area (Å²) in [5.74, 6) is 2.65. The standard InChI is InChI=1S/C14H25N5/c1-3-19(4-2)14-8-13(17-11-18-14)16-10-12-6-5-7-15-9-12/h8,11-12,15H,3-7,9-10H2,1-2H3,(H,16,17,18). The lowest BCUT2D eigenvalue weighted by molar-refractivity contribution is 0.392. The van der Waals surface area contributed by atoms with Crippen LogP contribution in [0.25, 0.3) is 0 Å². The molecule has 1 aliphatic rings. The number of aromatic nitrogens is 2. The van der Waals surface area contributed by atoms with E-state index in [2.05, 4.69) is 39.3 Å². The highest BCUT2D eigenvalue weighted by Crippen LogP contribution is 2.15. The van der Waals surface area contributed by atoms with Crippen LogP contribution in [-0.4, -0.2) is 42.7 Å². The molecule has 1 aromatic heterocycles. The van der Waals surface area contributed by atoms with E-state index in [0.717, 1.165) is 44.4 Å². The van der Waals surface area contributed by atoms with Crippen molar-refractivity contribution in [2.75, 3.05) is 42.9 Å². The zero-order valence-corrected chi connectivity index (χ0v) is 12.0. The van der Waals surface area contributed by atoms with Crippen LogP contribution in [0.1, 0.15) is 26.7 Å². The Morgan fingerprint density at radius 2 is 2.21 bits per heavy atom. The van der Waals surface area contributed by atoms with E-state index < -0.39 is 0 Å². The van der Waals surface area contributed by atoms with Gasteiger partial charge >= 0.3 is 0 Å². The molecule has 0 radical (unpaired) electrons. The van der Waals surface area contributed by atoms with E-state index in [4.69, 9.17) is 0 Å². The maximum absolute atomic E-state index is 4.34. The molecule has 5 heteroatoms. The number of hydrogen-bond acceptors (Lipinski definition) is 5. The molecule has 0 bridgehead atoms. The van der Waals surface area contributed by atoms with Crippen molar-refractivity contribution in [2.45, 2.75) is 26.7 Å². The first-order valence-electron chi connectivity index (χ1n) is 7.35. The van der Waals surface area contributed by atoms with Crippen LogP contribution in [0, 0.1) is 5.92 Å². The number of anilines is 2. The lowest BCUT2D eigenvalue weighted by atomic mass is 10.00. The predicted molar refractivity (Wildman–Crippen MR) is 79.7 cm³/mol. The van der Waals surface area contributed by atoms with Crippen molar-refractivity contribution in [3.05, 3.63) is 12.4 Å². The summed E-state index contributed by atoms with van der Waals surface area (Å²) < 4.78 is 0. The molecule has 2 rings (SSSR count). The topological polar surface area (TPSA) is 53.1 Å². The van der Waals surface area contributed by atoms with Gasteiger partial charge in [0.15, 0.2) is 0 Å². The van der Waals surface area contributed by atoms with Gasteiger partial charge in [-0.2, -0.15) is 0 Å². The smallest absolute Gasteiger partial charge is 0.134 e. The third-order valence-electron chi connectivity index (χ3n) is 3.71. The van der Waals surface area contributed by atoms with Crippen LogP contribution < -0.4 is 15.5 Å². The second-order valence-corrected chi connectivity index (χ2v) is 5.03. The fraction of sp³-hybridized carbons (Fsp3) is 0.714. The van der Waals surface area contributed by atoms with E-state index in [-0.39, 0.29) is 0 Å². The fourth-order valence-corrected chi connectivity index (χ4v) is 2.51. The molecule has 0 saturated carbocycles. The highest BCUT2D eigenvalue weighted by atomic mass is 15.2. The first-order chi connectivity index (χ1) is 9.33. The summed E-state index contributed by atoms with van der Waals surface area (Å²) in [7, 11) is 0. The lowest BCUT2D eigenvalue weighted by Gasteiger charge is -2.23. The number of nitrogens with one attached hydrogen (secondary N) is 2. The molecule has 0 aliphatic carbocycles. The van der Waals surface area contributed by atoms with Crippen molar-refractivity contribution in [3.8, 4) is 0 Å². The largest absolute Gasteiger partial charge is 0.370 e. The average molecular weight is 263 g/mol. The highest BCUT2D eigenvalue weighted by molar-refractivity contribution is 5.48. The maximum atomic E-state index is 4.34. The minimum atomic E-state index is 0.709. The molecule has 1 saturated heterocycles. The van der Waals surface area contributed by atoms with Crippen LogP contribution in [0.2, 0.25) is 0 Å². The normalized spacial score (nSPS) is 19.2. The van der Waals surface area contributed by atoms with Crippen LogP contribution in [-0.2, 0) is 0 Å². The van der Waals surface area contributed by atoms with E-state index in [0.29, 0.717) is 5.92 Å². The van der Waals surface area contributed by atoms with Crippen molar-refractivity contribution in [2.24, 2.45) is 5.92 Å².